The van der Waals surface area contributed by atoms with Gasteiger partial charge in [-0.15, -0.1) is 0 Å². The Balaban J connectivity index is 2.12. The van der Waals surface area contributed by atoms with Crippen molar-refractivity contribution in [2.45, 2.75) is 50.7 Å². The molecule has 0 aromatic heterocycles. The van der Waals surface area contributed by atoms with E-state index in [9.17, 15) is 5.11 Å². The van der Waals surface area contributed by atoms with Gasteiger partial charge in [0.05, 0.1) is 18.8 Å². The predicted molar refractivity (Wildman–Crippen MR) is 50.3 cm³/mol. The molecule has 13 heavy (non-hydrogen) atoms. The van der Waals surface area contributed by atoms with Crippen LogP contribution in [0.2, 0.25) is 0 Å². The molecule has 0 amide bonds. The smallest absolute Gasteiger partial charge is 0.0771 e. The van der Waals surface area contributed by atoms with E-state index in [1.54, 1.807) is 0 Å². The number of aliphatic hydroxyl groups is 3. The monoisotopic (exact) mass is 188 g/mol. The van der Waals surface area contributed by atoms with Crippen molar-refractivity contribution in [1.82, 2.24) is 0 Å². The van der Waals surface area contributed by atoms with Crippen molar-refractivity contribution in [2.24, 2.45) is 5.92 Å². The van der Waals surface area contributed by atoms with Crippen LogP contribution in [0.5, 0.6) is 0 Å². The summed E-state index contributed by atoms with van der Waals surface area (Å²) in [7, 11) is 0. The maximum Gasteiger partial charge on any atom is 0.0771 e. The lowest BCUT2D eigenvalue weighted by Gasteiger charge is -2.18. The molecule has 78 valence electrons. The van der Waals surface area contributed by atoms with E-state index in [4.69, 9.17) is 10.2 Å². The molecule has 0 aliphatic heterocycles. The molecule has 1 fully saturated rings. The average molecular weight is 188 g/mol. The lowest BCUT2D eigenvalue weighted by atomic mass is 9.96. The second-order valence-electron chi connectivity index (χ2n) is 4.03. The van der Waals surface area contributed by atoms with E-state index in [0.717, 1.165) is 12.8 Å². The summed E-state index contributed by atoms with van der Waals surface area (Å²) in [6, 6.07) is 0. The molecule has 0 spiro atoms. The molecule has 0 bridgehead atoms. The van der Waals surface area contributed by atoms with Gasteiger partial charge >= 0.3 is 0 Å². The maximum atomic E-state index is 9.70. The van der Waals surface area contributed by atoms with Gasteiger partial charge in [-0.2, -0.15) is 0 Å². The molecule has 3 nitrogen and oxygen atoms in total. The normalized spacial score (nSPS) is 23.3. The number of aliphatic hydroxyl groups excluding tert-OH is 3. The van der Waals surface area contributed by atoms with Crippen molar-refractivity contribution in [2.75, 3.05) is 6.61 Å². The molecule has 1 aliphatic carbocycles. The van der Waals surface area contributed by atoms with Gasteiger partial charge < -0.3 is 15.3 Å². The quantitative estimate of drug-likeness (QED) is 0.594. The highest BCUT2D eigenvalue weighted by Gasteiger charge is 2.23. The fourth-order valence-corrected chi connectivity index (χ4v) is 2.03. The number of hydrogen-bond acceptors (Lipinski definition) is 3. The third-order valence-electron chi connectivity index (χ3n) is 2.95. The van der Waals surface area contributed by atoms with E-state index in [2.05, 4.69) is 0 Å². The molecular weight excluding hydrogens is 168 g/mol. The van der Waals surface area contributed by atoms with E-state index in [1.165, 1.54) is 12.8 Å². The van der Waals surface area contributed by atoms with Crippen LogP contribution < -0.4 is 0 Å². The van der Waals surface area contributed by atoms with Crippen molar-refractivity contribution in [3.05, 3.63) is 0 Å². The van der Waals surface area contributed by atoms with Crippen molar-refractivity contribution in [1.29, 1.82) is 0 Å². The Morgan fingerprint density at radius 3 is 2.23 bits per heavy atom. The van der Waals surface area contributed by atoms with Gasteiger partial charge in [0, 0.05) is 0 Å². The van der Waals surface area contributed by atoms with Crippen LogP contribution in [0.15, 0.2) is 0 Å². The highest BCUT2D eigenvalue weighted by Crippen LogP contribution is 2.29. The Morgan fingerprint density at radius 2 is 1.69 bits per heavy atom. The Labute approximate surface area is 79.4 Å². The molecule has 0 aromatic rings. The molecule has 3 heteroatoms. The van der Waals surface area contributed by atoms with Crippen LogP contribution in [-0.4, -0.2) is 34.1 Å². The van der Waals surface area contributed by atoms with Crippen LogP contribution in [0, 0.1) is 5.92 Å². The molecule has 1 saturated carbocycles. The molecule has 0 aromatic carbocycles. The summed E-state index contributed by atoms with van der Waals surface area (Å²) in [5, 5.41) is 27.4. The molecular formula is C10H20O3. The SMILES string of the molecule is OCC(O)CCC(O)C1CCCC1. The topological polar surface area (TPSA) is 60.7 Å². The van der Waals surface area contributed by atoms with Gasteiger partial charge in [-0.1, -0.05) is 12.8 Å². The lowest BCUT2D eigenvalue weighted by Crippen LogP contribution is -2.21. The van der Waals surface area contributed by atoms with Gasteiger partial charge in [-0.3, -0.25) is 0 Å². The fourth-order valence-electron chi connectivity index (χ4n) is 2.03. The van der Waals surface area contributed by atoms with Crippen LogP contribution >= 0.6 is 0 Å². The first-order chi connectivity index (χ1) is 6.24. The summed E-state index contributed by atoms with van der Waals surface area (Å²) >= 11 is 0. The number of hydrogen-bond donors (Lipinski definition) is 3. The van der Waals surface area contributed by atoms with Crippen molar-refractivity contribution in [3.63, 3.8) is 0 Å². The fraction of sp³-hybridized carbons (Fsp3) is 1.00. The zero-order valence-corrected chi connectivity index (χ0v) is 8.02. The highest BCUT2D eigenvalue weighted by atomic mass is 16.3. The minimum absolute atomic E-state index is 0.197. The van der Waals surface area contributed by atoms with E-state index in [-0.39, 0.29) is 12.7 Å². The van der Waals surface area contributed by atoms with Crippen LogP contribution in [0.3, 0.4) is 0 Å². The molecule has 1 rings (SSSR count). The third kappa shape index (κ3) is 3.63. The minimum Gasteiger partial charge on any atom is -0.394 e. The van der Waals surface area contributed by atoms with Gasteiger partial charge in [0.2, 0.25) is 0 Å². The van der Waals surface area contributed by atoms with Crippen molar-refractivity contribution in [3.8, 4) is 0 Å². The second-order valence-corrected chi connectivity index (χ2v) is 4.03. The van der Waals surface area contributed by atoms with Gasteiger partial charge in [0.25, 0.3) is 0 Å². The summed E-state index contributed by atoms with van der Waals surface area (Å²) in [6.07, 6.45) is 4.89. The number of rotatable bonds is 5. The zero-order chi connectivity index (χ0) is 9.68. The molecule has 2 atom stereocenters. The van der Waals surface area contributed by atoms with Gasteiger partial charge in [0.1, 0.15) is 0 Å². The van der Waals surface area contributed by atoms with Crippen LogP contribution in [0.1, 0.15) is 38.5 Å². The maximum absolute atomic E-state index is 9.70. The summed E-state index contributed by atoms with van der Waals surface area (Å²) in [6.45, 7) is -0.197. The first-order valence-electron chi connectivity index (χ1n) is 5.21. The largest absolute Gasteiger partial charge is 0.394 e. The van der Waals surface area contributed by atoms with Crippen molar-refractivity contribution < 1.29 is 15.3 Å². The van der Waals surface area contributed by atoms with Gasteiger partial charge in [0.15, 0.2) is 0 Å². The average Bonchev–Trinajstić information content (AvgIpc) is 2.66. The second kappa shape index (κ2) is 5.58. The van der Waals surface area contributed by atoms with Crippen LogP contribution in [0.25, 0.3) is 0 Å². The lowest BCUT2D eigenvalue weighted by molar-refractivity contribution is 0.0514. The minimum atomic E-state index is -0.656. The third-order valence-corrected chi connectivity index (χ3v) is 2.95. The van der Waals surface area contributed by atoms with Crippen LogP contribution in [-0.2, 0) is 0 Å². The molecule has 0 saturated heterocycles. The molecule has 0 radical (unpaired) electrons. The molecule has 0 heterocycles. The summed E-state index contributed by atoms with van der Waals surface area (Å²) < 4.78 is 0. The first-order valence-corrected chi connectivity index (χ1v) is 5.21. The Bertz CT molecular complexity index is 132. The summed E-state index contributed by atoms with van der Waals surface area (Å²) in [4.78, 5) is 0. The van der Waals surface area contributed by atoms with Gasteiger partial charge in [-0.05, 0) is 31.6 Å². The van der Waals surface area contributed by atoms with E-state index < -0.39 is 6.10 Å². The Kier molecular flexibility index (Phi) is 4.70. The Hall–Kier alpha value is -0.120. The van der Waals surface area contributed by atoms with E-state index in [0.29, 0.717) is 18.8 Å². The molecule has 1 aliphatic rings. The summed E-state index contributed by atoms with van der Waals surface area (Å²) in [5.41, 5.74) is 0. The van der Waals surface area contributed by atoms with E-state index in [1.807, 2.05) is 0 Å². The molecule has 2 unspecified atom stereocenters. The van der Waals surface area contributed by atoms with E-state index >= 15 is 0 Å². The van der Waals surface area contributed by atoms with Crippen molar-refractivity contribution >= 4 is 0 Å². The highest BCUT2D eigenvalue weighted by molar-refractivity contribution is 4.75. The Morgan fingerprint density at radius 1 is 1.08 bits per heavy atom. The predicted octanol–water partition coefficient (Wildman–Crippen LogP) is 0.671. The summed E-state index contributed by atoms with van der Waals surface area (Å²) in [5.74, 6) is 0.436. The van der Waals surface area contributed by atoms with Gasteiger partial charge in [-0.25, -0.2) is 0 Å². The first kappa shape index (κ1) is 11.0. The zero-order valence-electron chi connectivity index (χ0n) is 8.02. The van der Waals surface area contributed by atoms with Crippen LogP contribution in [0.4, 0.5) is 0 Å². The standard InChI is InChI=1S/C10H20O3/c11-7-9(12)5-6-10(13)8-3-1-2-4-8/h8-13H,1-7H2. The molecule has 3 N–H and O–H groups in total.